The van der Waals surface area contributed by atoms with Gasteiger partial charge in [0.2, 0.25) is 0 Å². The minimum atomic E-state index is 0.238. The minimum absolute atomic E-state index is 0.238. The van der Waals surface area contributed by atoms with Crippen LogP contribution in [0.5, 0.6) is 0 Å². The third-order valence-corrected chi connectivity index (χ3v) is 4.86. The zero-order chi connectivity index (χ0) is 18.6. The van der Waals surface area contributed by atoms with Crippen LogP contribution in [0, 0.1) is 5.92 Å². The highest BCUT2D eigenvalue weighted by atomic mass is 16.5. The van der Waals surface area contributed by atoms with Crippen molar-refractivity contribution in [2.75, 3.05) is 79.2 Å². The van der Waals surface area contributed by atoms with Crippen molar-refractivity contribution in [3.05, 3.63) is 0 Å². The van der Waals surface area contributed by atoms with Gasteiger partial charge < -0.3 is 20.1 Å². The molecule has 0 spiro atoms. The lowest BCUT2D eigenvalue weighted by atomic mass is 10.2. The topological polar surface area (TPSA) is 61.4 Å². The quantitative estimate of drug-likeness (QED) is 0.353. The summed E-state index contributed by atoms with van der Waals surface area (Å²) in [6.07, 6.45) is 2.60. The summed E-state index contributed by atoms with van der Waals surface area (Å²) in [5.74, 6) is 1.58. The van der Waals surface area contributed by atoms with E-state index in [4.69, 9.17) is 9.47 Å². The third-order valence-electron chi connectivity index (χ3n) is 4.86. The normalized spacial score (nSPS) is 23.4. The van der Waals surface area contributed by atoms with Gasteiger partial charge in [-0.2, -0.15) is 0 Å². The van der Waals surface area contributed by atoms with Crippen molar-refractivity contribution in [3.63, 3.8) is 0 Å². The molecule has 2 fully saturated rings. The van der Waals surface area contributed by atoms with Gasteiger partial charge in [0.05, 0.1) is 25.9 Å². The molecule has 0 aliphatic carbocycles. The van der Waals surface area contributed by atoms with E-state index in [9.17, 15) is 0 Å². The maximum Gasteiger partial charge on any atom is 0.191 e. The first-order chi connectivity index (χ1) is 12.7. The molecule has 2 N–H and O–H groups in total. The fourth-order valence-electron chi connectivity index (χ4n) is 3.51. The van der Waals surface area contributed by atoms with Crippen molar-refractivity contribution >= 4 is 5.96 Å². The van der Waals surface area contributed by atoms with Crippen LogP contribution in [0.1, 0.15) is 26.7 Å². The van der Waals surface area contributed by atoms with Crippen LogP contribution in [0.4, 0.5) is 0 Å². The number of guanidine groups is 1. The van der Waals surface area contributed by atoms with E-state index in [0.717, 1.165) is 78.0 Å². The molecule has 2 rings (SSSR count). The van der Waals surface area contributed by atoms with Crippen LogP contribution < -0.4 is 10.6 Å². The fraction of sp³-hybridized carbons (Fsp3) is 0.947. The van der Waals surface area contributed by atoms with Gasteiger partial charge in [-0.3, -0.25) is 14.8 Å². The molecule has 26 heavy (non-hydrogen) atoms. The smallest absolute Gasteiger partial charge is 0.191 e. The Morgan fingerprint density at radius 1 is 1.08 bits per heavy atom. The molecule has 2 heterocycles. The van der Waals surface area contributed by atoms with Gasteiger partial charge >= 0.3 is 0 Å². The van der Waals surface area contributed by atoms with Crippen LogP contribution in [0.3, 0.4) is 0 Å². The molecule has 152 valence electrons. The molecule has 1 atom stereocenters. The van der Waals surface area contributed by atoms with Crippen molar-refractivity contribution in [3.8, 4) is 0 Å². The first-order valence-corrected chi connectivity index (χ1v) is 10.3. The first-order valence-electron chi connectivity index (χ1n) is 10.3. The Balaban J connectivity index is 1.54. The highest BCUT2D eigenvalue weighted by Gasteiger charge is 2.21. The number of unbranched alkanes of at least 4 members (excludes halogenated alkanes) is 1. The van der Waals surface area contributed by atoms with Crippen LogP contribution in [-0.2, 0) is 9.47 Å². The highest BCUT2D eigenvalue weighted by molar-refractivity contribution is 5.79. The zero-order valence-corrected chi connectivity index (χ0v) is 17.0. The summed E-state index contributed by atoms with van der Waals surface area (Å²) in [7, 11) is 1.83. The SMILES string of the molecule is CN=C(NCCCCN1CCOCC1)NCC1CN(CC(C)C)CCO1. The monoisotopic (exact) mass is 369 g/mol. The van der Waals surface area contributed by atoms with E-state index in [1.165, 1.54) is 13.0 Å². The number of aliphatic imine (C=N–C) groups is 1. The molecule has 0 saturated carbocycles. The van der Waals surface area contributed by atoms with E-state index in [2.05, 4.69) is 39.3 Å². The number of ether oxygens (including phenoxy) is 2. The summed E-state index contributed by atoms with van der Waals surface area (Å²) in [4.78, 5) is 9.31. The van der Waals surface area contributed by atoms with Gasteiger partial charge in [0.25, 0.3) is 0 Å². The Hall–Kier alpha value is -0.890. The second-order valence-corrected chi connectivity index (χ2v) is 7.69. The summed E-state index contributed by atoms with van der Waals surface area (Å²) in [5, 5.41) is 6.83. The van der Waals surface area contributed by atoms with Gasteiger partial charge in [-0.1, -0.05) is 13.8 Å². The molecule has 0 aromatic carbocycles. The fourth-order valence-corrected chi connectivity index (χ4v) is 3.51. The van der Waals surface area contributed by atoms with Gasteiger partial charge in [0.1, 0.15) is 0 Å². The van der Waals surface area contributed by atoms with E-state index >= 15 is 0 Å². The largest absolute Gasteiger partial charge is 0.379 e. The molecule has 0 aromatic heterocycles. The average Bonchev–Trinajstić information content (AvgIpc) is 2.64. The van der Waals surface area contributed by atoms with Crippen molar-refractivity contribution in [1.82, 2.24) is 20.4 Å². The molecular weight excluding hydrogens is 330 g/mol. The van der Waals surface area contributed by atoms with E-state index in [0.29, 0.717) is 5.92 Å². The molecule has 2 aliphatic rings. The Bertz CT molecular complexity index is 399. The van der Waals surface area contributed by atoms with Crippen molar-refractivity contribution in [2.45, 2.75) is 32.8 Å². The lowest BCUT2D eigenvalue weighted by Crippen LogP contribution is -2.50. The number of rotatable bonds is 9. The lowest BCUT2D eigenvalue weighted by Gasteiger charge is -2.34. The molecule has 7 nitrogen and oxygen atoms in total. The summed E-state index contributed by atoms with van der Waals surface area (Å²) >= 11 is 0. The Morgan fingerprint density at radius 2 is 1.85 bits per heavy atom. The molecule has 0 bridgehead atoms. The number of nitrogens with zero attached hydrogens (tertiary/aromatic N) is 3. The summed E-state index contributed by atoms with van der Waals surface area (Å²) < 4.78 is 11.3. The average molecular weight is 370 g/mol. The predicted octanol–water partition coefficient (Wildman–Crippen LogP) is 0.621. The van der Waals surface area contributed by atoms with Crippen molar-refractivity contribution < 1.29 is 9.47 Å². The Kier molecular flexibility index (Phi) is 10.3. The van der Waals surface area contributed by atoms with Gasteiger partial charge in [-0.25, -0.2) is 0 Å². The summed E-state index contributed by atoms with van der Waals surface area (Å²) in [6.45, 7) is 15.4. The zero-order valence-electron chi connectivity index (χ0n) is 17.0. The molecular formula is C19H39N5O2. The van der Waals surface area contributed by atoms with Crippen molar-refractivity contribution in [2.24, 2.45) is 10.9 Å². The molecule has 0 radical (unpaired) electrons. The standard InChI is InChI=1S/C19H39N5O2/c1-17(2)15-24-10-13-26-18(16-24)14-22-19(20-3)21-6-4-5-7-23-8-11-25-12-9-23/h17-18H,4-16H2,1-3H3,(H2,20,21,22). The number of morpholine rings is 2. The number of hydrogen-bond donors (Lipinski definition) is 2. The number of nitrogens with one attached hydrogen (secondary N) is 2. The van der Waals surface area contributed by atoms with Crippen molar-refractivity contribution in [1.29, 1.82) is 0 Å². The molecule has 2 aliphatic heterocycles. The van der Waals surface area contributed by atoms with E-state index < -0.39 is 0 Å². The minimum Gasteiger partial charge on any atom is -0.379 e. The predicted molar refractivity (Wildman–Crippen MR) is 107 cm³/mol. The van der Waals surface area contributed by atoms with E-state index in [-0.39, 0.29) is 6.10 Å². The molecule has 7 heteroatoms. The molecule has 0 aromatic rings. The van der Waals surface area contributed by atoms with Crippen LogP contribution in [0.25, 0.3) is 0 Å². The Morgan fingerprint density at radius 3 is 2.58 bits per heavy atom. The molecule has 2 saturated heterocycles. The van der Waals surface area contributed by atoms with Gasteiger partial charge in [-0.05, 0) is 25.3 Å². The lowest BCUT2D eigenvalue weighted by molar-refractivity contribution is -0.0284. The third kappa shape index (κ3) is 8.66. The molecule has 0 amide bonds. The van der Waals surface area contributed by atoms with Crippen LogP contribution in [0.15, 0.2) is 4.99 Å². The van der Waals surface area contributed by atoms with Crippen LogP contribution in [-0.4, -0.2) is 101 Å². The summed E-state index contributed by atoms with van der Waals surface area (Å²) in [6, 6.07) is 0. The van der Waals surface area contributed by atoms with Crippen LogP contribution in [0.2, 0.25) is 0 Å². The number of hydrogen-bond acceptors (Lipinski definition) is 5. The van der Waals surface area contributed by atoms with E-state index in [1.807, 2.05) is 7.05 Å². The van der Waals surface area contributed by atoms with E-state index in [1.54, 1.807) is 0 Å². The maximum atomic E-state index is 5.89. The summed E-state index contributed by atoms with van der Waals surface area (Å²) in [5.41, 5.74) is 0. The second-order valence-electron chi connectivity index (χ2n) is 7.69. The molecule has 1 unspecified atom stereocenters. The van der Waals surface area contributed by atoms with Gasteiger partial charge in [0.15, 0.2) is 5.96 Å². The Labute approximate surface area is 159 Å². The maximum absolute atomic E-state index is 5.89. The first kappa shape index (κ1) is 21.4. The second kappa shape index (κ2) is 12.5. The highest BCUT2D eigenvalue weighted by Crippen LogP contribution is 2.07. The van der Waals surface area contributed by atoms with Gasteiger partial charge in [-0.15, -0.1) is 0 Å². The van der Waals surface area contributed by atoms with Crippen LogP contribution >= 0.6 is 0 Å². The van der Waals surface area contributed by atoms with Gasteiger partial charge in [0, 0.05) is 52.9 Å².